The number of halogens is 8. The highest BCUT2D eigenvalue weighted by molar-refractivity contribution is 6.42. The van der Waals surface area contributed by atoms with Gasteiger partial charge in [-0.05, 0) is 47.4 Å². The molecule has 0 spiro atoms. The summed E-state index contributed by atoms with van der Waals surface area (Å²) in [5.74, 6) is -12.5. The standard InChI is InChI=1S/C26H23Cl3F5N3O4/c1-13(2)20(22(39)26(33,34)24(41)35-12-25(30,31)32)37-23(40)21(15-5-7-16(27)8-6-15)36-19(38)10-4-14-3-9-17(28)18(29)11-14/h3-11,13,20-21H,12H2,1-2H3,(H,35,41)(H,36,38)(H,37,40)/b10-4+/t20-,21?/m0/s1. The molecule has 0 aliphatic rings. The van der Waals surface area contributed by atoms with Crippen molar-refractivity contribution >= 4 is 64.4 Å². The Hall–Kier alpha value is -3.22. The van der Waals surface area contributed by atoms with Crippen molar-refractivity contribution < 1.29 is 41.1 Å². The summed E-state index contributed by atoms with van der Waals surface area (Å²) < 4.78 is 66.2. The second kappa shape index (κ2) is 14.1. The molecule has 0 heterocycles. The normalized spacial score (nSPS) is 13.5. The lowest BCUT2D eigenvalue weighted by atomic mass is 9.94. The molecule has 0 bridgehead atoms. The molecule has 41 heavy (non-hydrogen) atoms. The van der Waals surface area contributed by atoms with E-state index in [0.717, 1.165) is 11.4 Å². The van der Waals surface area contributed by atoms with E-state index in [4.69, 9.17) is 34.8 Å². The Bertz CT molecular complexity index is 1320. The number of carbonyl (C=O) groups is 4. The van der Waals surface area contributed by atoms with Crippen LogP contribution in [-0.2, 0) is 19.2 Å². The Labute approximate surface area is 246 Å². The maximum atomic E-state index is 14.5. The van der Waals surface area contributed by atoms with E-state index in [1.165, 1.54) is 56.3 Å². The van der Waals surface area contributed by atoms with Crippen LogP contribution in [-0.4, -0.2) is 48.2 Å². The van der Waals surface area contributed by atoms with Gasteiger partial charge in [-0.1, -0.05) is 66.8 Å². The first-order valence-corrected chi connectivity index (χ1v) is 12.8. The summed E-state index contributed by atoms with van der Waals surface area (Å²) in [5.41, 5.74) is 0.631. The zero-order valence-corrected chi connectivity index (χ0v) is 23.6. The molecule has 0 aliphatic carbocycles. The Kier molecular flexibility index (Phi) is 11.7. The van der Waals surface area contributed by atoms with E-state index in [0.29, 0.717) is 5.56 Å². The third kappa shape index (κ3) is 9.98. The maximum absolute atomic E-state index is 14.5. The molecule has 2 aromatic carbocycles. The van der Waals surface area contributed by atoms with E-state index >= 15 is 0 Å². The SMILES string of the molecule is CC(C)[C@H](NC(=O)C(NC(=O)/C=C/c1ccc(Cl)c(Cl)c1)c1ccc(Cl)cc1)C(=O)C(F)(F)C(=O)NCC(F)(F)F. The van der Waals surface area contributed by atoms with Crippen molar-refractivity contribution in [1.29, 1.82) is 0 Å². The summed E-state index contributed by atoms with van der Waals surface area (Å²) in [6, 6.07) is 6.47. The van der Waals surface area contributed by atoms with Crippen molar-refractivity contribution in [3.8, 4) is 0 Å². The average molecular weight is 643 g/mol. The molecule has 0 saturated carbocycles. The van der Waals surface area contributed by atoms with E-state index in [1.54, 1.807) is 6.07 Å². The zero-order valence-electron chi connectivity index (χ0n) is 21.3. The number of benzene rings is 2. The van der Waals surface area contributed by atoms with Gasteiger partial charge < -0.3 is 16.0 Å². The molecule has 0 fully saturated rings. The molecule has 15 heteroatoms. The number of ketones is 1. The fourth-order valence-electron chi connectivity index (χ4n) is 3.30. The number of carbonyl (C=O) groups excluding carboxylic acids is 4. The third-order valence-corrected chi connectivity index (χ3v) is 6.40. The van der Waals surface area contributed by atoms with E-state index < -0.39 is 60.1 Å². The van der Waals surface area contributed by atoms with Crippen LogP contribution in [0, 0.1) is 5.92 Å². The fraction of sp³-hybridized carbons (Fsp3) is 0.308. The van der Waals surface area contributed by atoms with Crippen LogP contribution < -0.4 is 16.0 Å². The highest BCUT2D eigenvalue weighted by atomic mass is 35.5. The van der Waals surface area contributed by atoms with Gasteiger partial charge >= 0.3 is 12.1 Å². The summed E-state index contributed by atoms with van der Waals surface area (Å²) in [5, 5.41) is 6.22. The van der Waals surface area contributed by atoms with Gasteiger partial charge in [0.2, 0.25) is 17.6 Å². The monoisotopic (exact) mass is 641 g/mol. The molecule has 0 radical (unpaired) electrons. The molecular weight excluding hydrogens is 620 g/mol. The summed E-state index contributed by atoms with van der Waals surface area (Å²) in [4.78, 5) is 50.3. The number of hydrogen-bond acceptors (Lipinski definition) is 4. The average Bonchev–Trinajstić information content (AvgIpc) is 2.89. The van der Waals surface area contributed by atoms with Gasteiger partial charge in [-0.25, -0.2) is 0 Å². The minimum Gasteiger partial charge on any atom is -0.344 e. The smallest absolute Gasteiger partial charge is 0.344 e. The molecule has 0 aliphatic heterocycles. The van der Waals surface area contributed by atoms with E-state index in [-0.39, 0.29) is 20.6 Å². The second-order valence-electron chi connectivity index (χ2n) is 8.97. The van der Waals surface area contributed by atoms with Gasteiger partial charge in [-0.3, -0.25) is 19.2 Å². The minimum absolute atomic E-state index is 0.146. The Morgan fingerprint density at radius 1 is 0.878 bits per heavy atom. The third-order valence-electron chi connectivity index (χ3n) is 5.41. The highest BCUT2D eigenvalue weighted by Crippen LogP contribution is 2.25. The summed E-state index contributed by atoms with van der Waals surface area (Å²) in [6.07, 6.45) is -2.59. The maximum Gasteiger partial charge on any atom is 0.405 e. The molecule has 0 saturated heterocycles. The molecule has 222 valence electrons. The second-order valence-corrected chi connectivity index (χ2v) is 10.2. The van der Waals surface area contributed by atoms with Gasteiger partial charge in [-0.2, -0.15) is 22.0 Å². The Balaban J connectivity index is 2.30. The predicted molar refractivity (Wildman–Crippen MR) is 144 cm³/mol. The lowest BCUT2D eigenvalue weighted by Gasteiger charge is -2.27. The summed E-state index contributed by atoms with van der Waals surface area (Å²) in [7, 11) is 0. The topological polar surface area (TPSA) is 104 Å². The summed E-state index contributed by atoms with van der Waals surface area (Å²) >= 11 is 17.7. The largest absolute Gasteiger partial charge is 0.405 e. The molecule has 1 unspecified atom stereocenters. The van der Waals surface area contributed by atoms with Gasteiger partial charge in [0, 0.05) is 11.1 Å². The molecular formula is C26H23Cl3F5N3O4. The quantitative estimate of drug-likeness (QED) is 0.170. The molecule has 3 N–H and O–H groups in total. The molecule has 2 atom stereocenters. The highest BCUT2D eigenvalue weighted by Gasteiger charge is 2.52. The van der Waals surface area contributed by atoms with Gasteiger partial charge in [0.1, 0.15) is 12.6 Å². The van der Waals surface area contributed by atoms with Crippen LogP contribution in [0.15, 0.2) is 48.5 Å². The molecule has 2 aromatic rings. The number of amides is 3. The van der Waals surface area contributed by atoms with Gasteiger partial charge in [0.05, 0.1) is 16.1 Å². The Morgan fingerprint density at radius 3 is 2.02 bits per heavy atom. The Morgan fingerprint density at radius 2 is 1.49 bits per heavy atom. The molecule has 0 aromatic heterocycles. The van der Waals surface area contributed by atoms with E-state index in [2.05, 4.69) is 10.6 Å². The zero-order chi connectivity index (χ0) is 31.1. The number of nitrogens with one attached hydrogen (secondary N) is 3. The molecule has 7 nitrogen and oxygen atoms in total. The van der Waals surface area contributed by atoms with Crippen LogP contribution in [0.1, 0.15) is 31.0 Å². The number of alkyl halides is 5. The van der Waals surface area contributed by atoms with Crippen molar-refractivity contribution in [1.82, 2.24) is 16.0 Å². The van der Waals surface area contributed by atoms with E-state index in [9.17, 15) is 41.1 Å². The first-order valence-electron chi connectivity index (χ1n) is 11.7. The first-order chi connectivity index (χ1) is 18.9. The van der Waals surface area contributed by atoms with Crippen LogP contribution in [0.4, 0.5) is 22.0 Å². The van der Waals surface area contributed by atoms with Crippen LogP contribution in [0.5, 0.6) is 0 Å². The van der Waals surface area contributed by atoms with Gasteiger partial charge in [-0.15, -0.1) is 0 Å². The number of Topliss-reactive ketones (excluding diaryl/α,β-unsaturated/α-hetero) is 1. The van der Waals surface area contributed by atoms with Crippen molar-refractivity contribution in [2.45, 2.75) is 38.0 Å². The summed E-state index contributed by atoms with van der Waals surface area (Å²) in [6.45, 7) is 0.443. The van der Waals surface area contributed by atoms with Crippen LogP contribution in [0.2, 0.25) is 15.1 Å². The van der Waals surface area contributed by atoms with Gasteiger partial charge in [0.25, 0.3) is 5.91 Å². The van der Waals surface area contributed by atoms with E-state index in [1.807, 2.05) is 0 Å². The predicted octanol–water partition coefficient (Wildman–Crippen LogP) is 5.54. The van der Waals surface area contributed by atoms with Crippen LogP contribution in [0.25, 0.3) is 6.08 Å². The van der Waals surface area contributed by atoms with Crippen LogP contribution in [0.3, 0.4) is 0 Å². The van der Waals surface area contributed by atoms with Crippen molar-refractivity contribution in [3.63, 3.8) is 0 Å². The van der Waals surface area contributed by atoms with Crippen molar-refractivity contribution in [3.05, 3.63) is 74.7 Å². The van der Waals surface area contributed by atoms with Gasteiger partial charge in [0.15, 0.2) is 0 Å². The number of rotatable bonds is 11. The van der Waals surface area contributed by atoms with Crippen LogP contribution >= 0.6 is 34.8 Å². The first kappa shape index (κ1) is 34.0. The number of hydrogen-bond donors (Lipinski definition) is 3. The lowest BCUT2D eigenvalue weighted by molar-refractivity contribution is -0.165. The minimum atomic E-state index is -5.00. The van der Waals surface area contributed by atoms with Crippen molar-refractivity contribution in [2.75, 3.05) is 6.54 Å². The molecule has 2 rings (SSSR count). The fourth-order valence-corrected chi connectivity index (χ4v) is 3.74. The van der Waals surface area contributed by atoms with Crippen molar-refractivity contribution in [2.24, 2.45) is 5.92 Å². The molecule has 3 amide bonds. The lowest BCUT2D eigenvalue weighted by Crippen LogP contribution is -2.58.